The molecule has 35 heavy (non-hydrogen) atoms. The van der Waals surface area contributed by atoms with E-state index in [0.29, 0.717) is 28.3 Å². The number of pyridine rings is 3. The number of rotatable bonds is 4. The molecule has 0 saturated heterocycles. The Balaban J connectivity index is 1.48. The molecule has 5 aromatic heterocycles. The number of anilines is 1. The molecule has 2 N–H and O–H groups in total. The van der Waals surface area contributed by atoms with Crippen molar-refractivity contribution in [3.8, 4) is 33.8 Å². The van der Waals surface area contributed by atoms with Crippen LogP contribution in [-0.4, -0.2) is 49.2 Å². The van der Waals surface area contributed by atoms with Crippen LogP contribution in [0, 0.1) is 12.7 Å². The van der Waals surface area contributed by atoms with Crippen molar-refractivity contribution in [2.45, 2.75) is 6.92 Å². The molecule has 0 spiro atoms. The molecule has 8 nitrogen and oxygen atoms in total. The summed E-state index contributed by atoms with van der Waals surface area (Å²) in [4.78, 5) is 23.4. The first kappa shape index (κ1) is 20.9. The highest BCUT2D eigenvalue weighted by atomic mass is 19.1. The average molecular weight is 465 g/mol. The zero-order valence-corrected chi connectivity index (χ0v) is 19.3. The summed E-state index contributed by atoms with van der Waals surface area (Å²) in [5.74, 6) is 0.267. The predicted molar refractivity (Wildman–Crippen MR) is 134 cm³/mol. The summed E-state index contributed by atoms with van der Waals surface area (Å²) in [6.07, 6.45) is 7.12. The second-order valence-corrected chi connectivity index (χ2v) is 8.68. The standard InChI is InChI=1S/C26H21FN8/c1-14-6-15(8-18(27)7-14)20-4-5-29-25-22(20)31-26(32-25)23-21-10-17(12-30-24(21)34-33-23)16-9-19(35(2)3)13-28-11-16/h4-13H,1-3H3,(H,29,31,32)(H,30,33,34). The van der Waals surface area contributed by atoms with Crippen molar-refractivity contribution in [1.82, 2.24) is 35.1 Å². The molecule has 6 rings (SSSR count). The van der Waals surface area contributed by atoms with Gasteiger partial charge in [0.05, 0.1) is 17.3 Å². The minimum absolute atomic E-state index is 0.287. The van der Waals surface area contributed by atoms with Gasteiger partial charge in [0.2, 0.25) is 0 Å². The first-order valence-corrected chi connectivity index (χ1v) is 11.1. The maximum atomic E-state index is 14.1. The van der Waals surface area contributed by atoms with Crippen molar-refractivity contribution < 1.29 is 4.39 Å². The van der Waals surface area contributed by atoms with E-state index in [9.17, 15) is 4.39 Å². The molecule has 0 fully saturated rings. The second kappa shape index (κ2) is 7.98. The minimum Gasteiger partial charge on any atom is -0.376 e. The minimum atomic E-state index is -0.287. The van der Waals surface area contributed by atoms with Crippen LogP contribution in [-0.2, 0) is 0 Å². The lowest BCUT2D eigenvalue weighted by molar-refractivity contribution is 0.627. The van der Waals surface area contributed by atoms with E-state index in [2.05, 4.69) is 36.2 Å². The highest BCUT2D eigenvalue weighted by Crippen LogP contribution is 2.32. The van der Waals surface area contributed by atoms with Crippen LogP contribution in [0.15, 0.2) is 61.2 Å². The molecule has 9 heteroatoms. The van der Waals surface area contributed by atoms with Crippen molar-refractivity contribution in [2.24, 2.45) is 0 Å². The van der Waals surface area contributed by atoms with Gasteiger partial charge in [0, 0.05) is 49.4 Å². The van der Waals surface area contributed by atoms with Crippen LogP contribution in [0.2, 0.25) is 0 Å². The van der Waals surface area contributed by atoms with Crippen molar-refractivity contribution in [3.63, 3.8) is 0 Å². The van der Waals surface area contributed by atoms with E-state index in [-0.39, 0.29) is 5.82 Å². The van der Waals surface area contributed by atoms with E-state index in [1.54, 1.807) is 12.4 Å². The van der Waals surface area contributed by atoms with Crippen molar-refractivity contribution in [2.75, 3.05) is 19.0 Å². The number of benzene rings is 1. The summed E-state index contributed by atoms with van der Waals surface area (Å²) >= 11 is 0. The second-order valence-electron chi connectivity index (χ2n) is 8.68. The summed E-state index contributed by atoms with van der Waals surface area (Å²) in [5.41, 5.74) is 7.78. The fraction of sp³-hybridized carbons (Fsp3) is 0.115. The molecule has 0 atom stereocenters. The highest BCUT2D eigenvalue weighted by Gasteiger charge is 2.17. The molecule has 5 heterocycles. The SMILES string of the molecule is Cc1cc(F)cc(-c2ccnc3[nH]c(-c4n[nH]c5ncc(-c6cncc(N(C)C)c6)cc45)nc23)c1. The number of fused-ring (bicyclic) bond motifs is 2. The topological polar surface area (TPSA) is 99.3 Å². The summed E-state index contributed by atoms with van der Waals surface area (Å²) in [5, 5.41) is 8.28. The summed E-state index contributed by atoms with van der Waals surface area (Å²) in [6.45, 7) is 1.87. The van der Waals surface area contributed by atoms with E-state index in [1.165, 1.54) is 12.1 Å². The number of hydrogen-bond donors (Lipinski definition) is 2. The van der Waals surface area contributed by atoms with Crippen LogP contribution in [0.4, 0.5) is 10.1 Å². The fourth-order valence-electron chi connectivity index (χ4n) is 4.22. The molecule has 0 radical (unpaired) electrons. The van der Waals surface area contributed by atoms with Gasteiger partial charge in [-0.25, -0.2) is 19.3 Å². The van der Waals surface area contributed by atoms with Gasteiger partial charge in [0.25, 0.3) is 0 Å². The van der Waals surface area contributed by atoms with Crippen LogP contribution in [0.25, 0.3) is 56.0 Å². The Morgan fingerprint density at radius 1 is 0.886 bits per heavy atom. The third-order valence-corrected chi connectivity index (χ3v) is 5.95. The molecule has 0 amide bonds. The zero-order chi connectivity index (χ0) is 24.1. The van der Waals surface area contributed by atoms with Crippen molar-refractivity contribution >= 4 is 27.9 Å². The molecule has 0 aliphatic heterocycles. The third-order valence-electron chi connectivity index (χ3n) is 5.95. The van der Waals surface area contributed by atoms with E-state index in [4.69, 9.17) is 4.98 Å². The van der Waals surface area contributed by atoms with E-state index in [0.717, 1.165) is 38.9 Å². The first-order chi connectivity index (χ1) is 17.0. The van der Waals surface area contributed by atoms with Gasteiger partial charge in [0.15, 0.2) is 17.1 Å². The number of aryl methyl sites for hydroxylation is 1. The Hall–Kier alpha value is -4.66. The molecule has 172 valence electrons. The van der Waals surface area contributed by atoms with Gasteiger partial charge in [-0.1, -0.05) is 6.07 Å². The van der Waals surface area contributed by atoms with Crippen LogP contribution in [0.3, 0.4) is 0 Å². The molecule has 6 aromatic rings. The normalized spacial score (nSPS) is 11.4. The van der Waals surface area contributed by atoms with Crippen LogP contribution < -0.4 is 4.90 Å². The van der Waals surface area contributed by atoms with Gasteiger partial charge >= 0.3 is 0 Å². The quantitative estimate of drug-likeness (QED) is 0.375. The fourth-order valence-corrected chi connectivity index (χ4v) is 4.22. The van der Waals surface area contributed by atoms with Crippen LogP contribution >= 0.6 is 0 Å². The lowest BCUT2D eigenvalue weighted by Crippen LogP contribution is -2.08. The number of H-pyrrole nitrogens is 2. The molecule has 0 bridgehead atoms. The molecular weight excluding hydrogens is 443 g/mol. The Morgan fingerprint density at radius 2 is 1.74 bits per heavy atom. The lowest BCUT2D eigenvalue weighted by Gasteiger charge is -2.12. The third kappa shape index (κ3) is 3.67. The number of halogens is 1. The number of nitrogens with zero attached hydrogens (tertiary/aromatic N) is 6. The number of nitrogens with one attached hydrogen (secondary N) is 2. The monoisotopic (exact) mass is 464 g/mol. The van der Waals surface area contributed by atoms with E-state index < -0.39 is 0 Å². The maximum Gasteiger partial charge on any atom is 0.161 e. The highest BCUT2D eigenvalue weighted by molar-refractivity contribution is 5.96. The lowest BCUT2D eigenvalue weighted by atomic mass is 10.0. The Labute approximate surface area is 199 Å². The van der Waals surface area contributed by atoms with Gasteiger partial charge in [0.1, 0.15) is 17.0 Å². The molecule has 1 aromatic carbocycles. The Morgan fingerprint density at radius 3 is 2.57 bits per heavy atom. The molecule has 0 aliphatic carbocycles. The van der Waals surface area contributed by atoms with Crippen LogP contribution in [0.5, 0.6) is 0 Å². The number of hydrogen-bond acceptors (Lipinski definition) is 6. The van der Waals surface area contributed by atoms with E-state index in [1.807, 2.05) is 56.5 Å². The summed E-state index contributed by atoms with van der Waals surface area (Å²) in [6, 6.07) is 10.9. The first-order valence-electron chi connectivity index (χ1n) is 11.1. The van der Waals surface area contributed by atoms with Gasteiger partial charge in [-0.15, -0.1) is 0 Å². The average Bonchev–Trinajstić information content (AvgIpc) is 3.47. The van der Waals surface area contributed by atoms with Gasteiger partial charge in [-0.05, 0) is 48.4 Å². The zero-order valence-electron chi connectivity index (χ0n) is 19.3. The number of imidazole rings is 1. The van der Waals surface area contributed by atoms with Gasteiger partial charge in [-0.2, -0.15) is 5.10 Å². The number of aromatic amines is 2. The van der Waals surface area contributed by atoms with Gasteiger partial charge in [-0.3, -0.25) is 10.1 Å². The summed E-state index contributed by atoms with van der Waals surface area (Å²) in [7, 11) is 3.96. The molecule has 0 aliphatic rings. The Bertz CT molecular complexity index is 1700. The van der Waals surface area contributed by atoms with E-state index >= 15 is 0 Å². The predicted octanol–water partition coefficient (Wildman–Crippen LogP) is 5.14. The molecular formula is C26H21FN8. The van der Waals surface area contributed by atoms with Crippen LogP contribution in [0.1, 0.15) is 5.56 Å². The van der Waals surface area contributed by atoms with Crippen molar-refractivity contribution in [1.29, 1.82) is 0 Å². The van der Waals surface area contributed by atoms with Crippen molar-refractivity contribution in [3.05, 3.63) is 72.6 Å². The molecule has 0 saturated carbocycles. The number of aromatic nitrogens is 7. The van der Waals surface area contributed by atoms with Gasteiger partial charge < -0.3 is 9.88 Å². The molecule has 0 unspecified atom stereocenters. The summed E-state index contributed by atoms with van der Waals surface area (Å²) < 4.78 is 14.1. The largest absolute Gasteiger partial charge is 0.376 e. The Kier molecular flexibility index (Phi) is 4.77. The maximum absolute atomic E-state index is 14.1. The smallest absolute Gasteiger partial charge is 0.161 e.